The number of rotatable bonds is 2. The molecule has 0 saturated heterocycles. The summed E-state index contributed by atoms with van der Waals surface area (Å²) in [6, 6.07) is 6.22. The van der Waals surface area contributed by atoms with Crippen LogP contribution in [0.15, 0.2) is 34.7 Å². The maximum absolute atomic E-state index is 13.2. The van der Waals surface area contributed by atoms with Crippen LogP contribution in [0.4, 0.5) is 17.6 Å². The second-order valence-corrected chi connectivity index (χ2v) is 4.65. The summed E-state index contributed by atoms with van der Waals surface area (Å²) in [5, 5.41) is 0.261. The zero-order chi connectivity index (χ0) is 15.9. The highest BCUT2D eigenvalue weighted by Gasteiger charge is 2.35. The molecule has 2 N–H and O–H groups in total. The summed E-state index contributed by atoms with van der Waals surface area (Å²) in [6.45, 7) is -0.0100. The van der Waals surface area contributed by atoms with E-state index in [0.29, 0.717) is 0 Å². The van der Waals surface area contributed by atoms with Crippen molar-refractivity contribution in [2.24, 2.45) is 5.73 Å². The third kappa shape index (κ3) is 2.55. The number of hydrogen-bond donors (Lipinski definition) is 1. The lowest BCUT2D eigenvalue weighted by molar-refractivity contribution is -0.136. The molecule has 0 unspecified atom stereocenters. The Kier molecular flexibility index (Phi) is 3.37. The quantitative estimate of drug-likeness (QED) is 0.730. The summed E-state index contributed by atoms with van der Waals surface area (Å²) in [5.41, 5.74) is 4.58. The van der Waals surface area contributed by atoms with Crippen molar-refractivity contribution in [2.45, 2.75) is 12.7 Å². The SMILES string of the molecule is NCc1cc2cc(-c3ccc(F)[c]n3)cc(C(F)(F)F)c2o1. The molecule has 0 fully saturated rings. The first kappa shape index (κ1) is 14.5. The van der Waals surface area contributed by atoms with Gasteiger partial charge in [-0.1, -0.05) is 0 Å². The van der Waals surface area contributed by atoms with Gasteiger partial charge in [0.2, 0.25) is 0 Å². The Hall–Kier alpha value is -2.41. The first-order valence-corrected chi connectivity index (χ1v) is 6.27. The second-order valence-electron chi connectivity index (χ2n) is 4.65. The van der Waals surface area contributed by atoms with Crippen molar-refractivity contribution in [3.63, 3.8) is 0 Å². The van der Waals surface area contributed by atoms with E-state index in [1.807, 2.05) is 0 Å². The van der Waals surface area contributed by atoms with Gasteiger partial charge in [-0.15, -0.1) is 0 Å². The molecule has 3 aromatic rings. The van der Waals surface area contributed by atoms with E-state index in [2.05, 4.69) is 11.2 Å². The fourth-order valence-electron chi connectivity index (χ4n) is 2.17. The van der Waals surface area contributed by atoms with Gasteiger partial charge in [-0.25, -0.2) is 9.37 Å². The molecule has 1 aromatic carbocycles. The van der Waals surface area contributed by atoms with E-state index in [0.717, 1.165) is 12.1 Å². The summed E-state index contributed by atoms with van der Waals surface area (Å²) < 4.78 is 57.6. The average molecular weight is 309 g/mol. The monoisotopic (exact) mass is 309 g/mol. The van der Waals surface area contributed by atoms with E-state index in [1.54, 1.807) is 0 Å². The Balaban J connectivity index is 2.26. The molecule has 0 amide bonds. The normalized spacial score (nSPS) is 12.0. The molecule has 2 aromatic heterocycles. The molecule has 1 radical (unpaired) electrons. The molecule has 113 valence electrons. The number of alkyl halides is 3. The minimum atomic E-state index is -4.60. The predicted molar refractivity (Wildman–Crippen MR) is 71.1 cm³/mol. The number of aromatic nitrogens is 1. The first-order chi connectivity index (χ1) is 10.4. The Morgan fingerprint density at radius 2 is 1.95 bits per heavy atom. The fourth-order valence-corrected chi connectivity index (χ4v) is 2.17. The molecule has 0 spiro atoms. The van der Waals surface area contributed by atoms with Crippen LogP contribution in [0.25, 0.3) is 22.2 Å². The van der Waals surface area contributed by atoms with Gasteiger partial charge >= 0.3 is 6.18 Å². The Labute approximate surface area is 122 Å². The molecule has 3 nitrogen and oxygen atoms in total. The van der Waals surface area contributed by atoms with Crippen LogP contribution in [0, 0.1) is 12.0 Å². The first-order valence-electron chi connectivity index (χ1n) is 6.27. The van der Waals surface area contributed by atoms with Gasteiger partial charge in [0, 0.05) is 10.9 Å². The van der Waals surface area contributed by atoms with Crippen molar-refractivity contribution in [3.05, 3.63) is 53.7 Å². The molecular formula is C15H9F4N2O. The smallest absolute Gasteiger partial charge is 0.420 e. The number of nitrogens with zero attached hydrogens (tertiary/aromatic N) is 1. The zero-order valence-electron chi connectivity index (χ0n) is 11.0. The van der Waals surface area contributed by atoms with E-state index < -0.39 is 17.6 Å². The molecule has 0 saturated carbocycles. The Morgan fingerprint density at radius 1 is 1.18 bits per heavy atom. The maximum atomic E-state index is 13.2. The molecule has 0 atom stereocenters. The summed E-state index contributed by atoms with van der Waals surface area (Å²) >= 11 is 0. The zero-order valence-corrected chi connectivity index (χ0v) is 11.0. The van der Waals surface area contributed by atoms with Gasteiger partial charge in [0.1, 0.15) is 17.5 Å². The lowest BCUT2D eigenvalue weighted by atomic mass is 10.0. The van der Waals surface area contributed by atoms with Crippen LogP contribution >= 0.6 is 0 Å². The topological polar surface area (TPSA) is 52.0 Å². The number of fused-ring (bicyclic) bond motifs is 1. The summed E-state index contributed by atoms with van der Waals surface area (Å²) in [7, 11) is 0. The number of benzene rings is 1. The lowest BCUT2D eigenvalue weighted by Gasteiger charge is -2.09. The minimum Gasteiger partial charge on any atom is -0.459 e. The minimum absolute atomic E-state index is 0.0100. The molecule has 3 rings (SSSR count). The number of pyridine rings is 1. The maximum Gasteiger partial charge on any atom is 0.420 e. The van der Waals surface area contributed by atoms with Crippen LogP contribution in [-0.4, -0.2) is 4.98 Å². The number of furan rings is 1. The average Bonchev–Trinajstić information content (AvgIpc) is 2.88. The number of nitrogens with two attached hydrogens (primary N) is 1. The van der Waals surface area contributed by atoms with Crippen LogP contribution in [-0.2, 0) is 12.7 Å². The van der Waals surface area contributed by atoms with Crippen molar-refractivity contribution in [3.8, 4) is 11.3 Å². The van der Waals surface area contributed by atoms with Crippen molar-refractivity contribution in [2.75, 3.05) is 0 Å². The van der Waals surface area contributed by atoms with Gasteiger partial charge in [0.25, 0.3) is 0 Å². The highest BCUT2D eigenvalue weighted by molar-refractivity contribution is 5.87. The van der Waals surface area contributed by atoms with Crippen LogP contribution in [0.5, 0.6) is 0 Å². The van der Waals surface area contributed by atoms with Crippen LogP contribution in [0.2, 0.25) is 0 Å². The molecule has 0 aliphatic rings. The van der Waals surface area contributed by atoms with Gasteiger partial charge in [0.05, 0.1) is 17.8 Å². The number of halogens is 4. The molecule has 0 aliphatic heterocycles. The van der Waals surface area contributed by atoms with Crippen molar-refractivity contribution >= 4 is 11.0 Å². The molecule has 2 heterocycles. The van der Waals surface area contributed by atoms with E-state index in [4.69, 9.17) is 10.2 Å². The second kappa shape index (κ2) is 5.10. The van der Waals surface area contributed by atoms with Crippen LogP contribution in [0.3, 0.4) is 0 Å². The van der Waals surface area contributed by atoms with Crippen molar-refractivity contribution in [1.29, 1.82) is 0 Å². The molecule has 0 aliphatic carbocycles. The molecule has 7 heteroatoms. The molecular weight excluding hydrogens is 300 g/mol. The lowest BCUT2D eigenvalue weighted by Crippen LogP contribution is -2.05. The van der Waals surface area contributed by atoms with E-state index >= 15 is 0 Å². The fraction of sp³-hybridized carbons (Fsp3) is 0.133. The highest BCUT2D eigenvalue weighted by atomic mass is 19.4. The Bertz CT molecular complexity index is 822. The highest BCUT2D eigenvalue weighted by Crippen LogP contribution is 2.39. The van der Waals surface area contributed by atoms with Crippen LogP contribution < -0.4 is 5.73 Å². The van der Waals surface area contributed by atoms with Gasteiger partial charge in [0.15, 0.2) is 5.82 Å². The van der Waals surface area contributed by atoms with Gasteiger partial charge < -0.3 is 10.2 Å². The standard InChI is InChI=1S/C15H9F4N2O/c16-10-1-2-13(21-7-10)8-3-9-4-11(6-20)22-14(9)12(5-8)15(17,18)19/h1-5H,6,20H2. The van der Waals surface area contributed by atoms with Crippen molar-refractivity contribution in [1.82, 2.24) is 4.98 Å². The van der Waals surface area contributed by atoms with E-state index in [-0.39, 0.29) is 34.5 Å². The van der Waals surface area contributed by atoms with Crippen molar-refractivity contribution < 1.29 is 22.0 Å². The van der Waals surface area contributed by atoms with Crippen LogP contribution in [0.1, 0.15) is 11.3 Å². The molecule has 22 heavy (non-hydrogen) atoms. The summed E-state index contributed by atoms with van der Waals surface area (Å²) in [5.74, 6) is -0.439. The van der Waals surface area contributed by atoms with Gasteiger partial charge in [-0.05, 0) is 30.3 Å². The third-order valence-corrected chi connectivity index (χ3v) is 3.14. The largest absolute Gasteiger partial charge is 0.459 e. The Morgan fingerprint density at radius 3 is 2.55 bits per heavy atom. The predicted octanol–water partition coefficient (Wildman–Crippen LogP) is 3.91. The van der Waals surface area contributed by atoms with E-state index in [9.17, 15) is 17.6 Å². The molecule has 0 bridgehead atoms. The number of hydrogen-bond acceptors (Lipinski definition) is 3. The summed E-state index contributed by atoms with van der Waals surface area (Å²) in [6.07, 6.45) is -2.52. The van der Waals surface area contributed by atoms with E-state index in [1.165, 1.54) is 18.2 Å². The van der Waals surface area contributed by atoms with Gasteiger partial charge in [-0.2, -0.15) is 13.2 Å². The van der Waals surface area contributed by atoms with Gasteiger partial charge in [-0.3, -0.25) is 0 Å². The third-order valence-electron chi connectivity index (χ3n) is 3.14. The summed E-state index contributed by atoms with van der Waals surface area (Å²) in [4.78, 5) is 3.68.